The minimum Gasteiger partial charge on any atom is -0.322 e. The van der Waals surface area contributed by atoms with Crippen LogP contribution in [0.4, 0.5) is 17.1 Å². The molecule has 1 aliphatic rings. The van der Waals surface area contributed by atoms with Gasteiger partial charge in [0.1, 0.15) is 0 Å². The molecule has 26 heavy (non-hydrogen) atoms. The van der Waals surface area contributed by atoms with Gasteiger partial charge in [0, 0.05) is 17.3 Å². The predicted molar refractivity (Wildman–Crippen MR) is 95.5 cm³/mol. The van der Waals surface area contributed by atoms with Crippen LogP contribution in [0.15, 0.2) is 30.3 Å². The van der Waals surface area contributed by atoms with E-state index < -0.39 is 27.1 Å². The van der Waals surface area contributed by atoms with Crippen LogP contribution in [0.3, 0.4) is 0 Å². The third-order valence-corrected chi connectivity index (χ3v) is 4.66. The summed E-state index contributed by atoms with van der Waals surface area (Å²) in [6.45, 7) is 1.41. The molecule has 0 fully saturated rings. The minimum absolute atomic E-state index is 0.0701. The van der Waals surface area contributed by atoms with Gasteiger partial charge in [-0.2, -0.15) is 0 Å². The lowest BCUT2D eigenvalue weighted by atomic mass is 9.90. The van der Waals surface area contributed by atoms with Crippen molar-refractivity contribution in [2.45, 2.75) is 32.6 Å². The van der Waals surface area contributed by atoms with E-state index in [-0.39, 0.29) is 11.1 Å². The molecule has 0 atom stereocenters. The molecule has 0 spiro atoms. The van der Waals surface area contributed by atoms with Crippen molar-refractivity contribution in [2.75, 3.05) is 5.32 Å². The lowest BCUT2D eigenvalue weighted by molar-refractivity contribution is -0.394. The molecule has 1 aliphatic carbocycles. The number of carbonyl (C=O) groups excluding carboxylic acids is 1. The average Bonchev–Trinajstić information content (AvgIpc) is 2.61. The van der Waals surface area contributed by atoms with Gasteiger partial charge in [0.05, 0.1) is 21.5 Å². The van der Waals surface area contributed by atoms with Crippen LogP contribution in [0.2, 0.25) is 0 Å². The van der Waals surface area contributed by atoms with Crippen molar-refractivity contribution in [3.63, 3.8) is 0 Å². The summed E-state index contributed by atoms with van der Waals surface area (Å²) < 4.78 is 0. The summed E-state index contributed by atoms with van der Waals surface area (Å²) in [6.07, 6.45) is 3.92. The topological polar surface area (TPSA) is 115 Å². The first-order valence-electron chi connectivity index (χ1n) is 8.24. The number of carbonyl (C=O) groups is 1. The molecule has 0 saturated heterocycles. The summed E-state index contributed by atoms with van der Waals surface area (Å²) in [5, 5.41) is 25.0. The molecule has 1 N–H and O–H groups in total. The smallest absolute Gasteiger partial charge is 0.279 e. The monoisotopic (exact) mass is 355 g/mol. The van der Waals surface area contributed by atoms with Gasteiger partial charge in [0.2, 0.25) is 0 Å². The predicted octanol–water partition coefficient (Wildman–Crippen LogP) is 3.94. The van der Waals surface area contributed by atoms with Crippen molar-refractivity contribution in [2.24, 2.45) is 0 Å². The molecule has 8 nitrogen and oxygen atoms in total. The lowest BCUT2D eigenvalue weighted by Crippen LogP contribution is -2.17. The fourth-order valence-corrected chi connectivity index (χ4v) is 3.30. The molecule has 8 heteroatoms. The first-order chi connectivity index (χ1) is 12.4. The van der Waals surface area contributed by atoms with Gasteiger partial charge in [-0.3, -0.25) is 25.0 Å². The minimum atomic E-state index is -0.742. The van der Waals surface area contributed by atoms with E-state index in [4.69, 9.17) is 0 Å². The number of nitro groups is 2. The number of amides is 1. The second-order valence-electron chi connectivity index (χ2n) is 6.26. The van der Waals surface area contributed by atoms with Crippen LogP contribution in [-0.2, 0) is 12.8 Å². The van der Waals surface area contributed by atoms with Crippen molar-refractivity contribution in [1.29, 1.82) is 0 Å². The van der Waals surface area contributed by atoms with Crippen LogP contribution in [0.5, 0.6) is 0 Å². The number of non-ortho nitro benzene ring substituents is 1. The first kappa shape index (κ1) is 17.5. The summed E-state index contributed by atoms with van der Waals surface area (Å²) in [4.78, 5) is 33.5. The van der Waals surface area contributed by atoms with Crippen LogP contribution >= 0.6 is 0 Å². The SMILES string of the molecule is Cc1c(C(=O)Nc2cccc3c2CCCC3)cc([N+](=O)[O-])cc1[N+](=O)[O-]. The van der Waals surface area contributed by atoms with Gasteiger partial charge >= 0.3 is 0 Å². The zero-order valence-corrected chi connectivity index (χ0v) is 14.2. The maximum absolute atomic E-state index is 12.7. The van der Waals surface area contributed by atoms with Gasteiger partial charge in [-0.05, 0) is 49.8 Å². The Balaban J connectivity index is 2.01. The Labute approximate surface area is 149 Å². The van der Waals surface area contributed by atoms with E-state index in [2.05, 4.69) is 5.32 Å². The zero-order chi connectivity index (χ0) is 18.8. The molecule has 0 bridgehead atoms. The number of hydrogen-bond acceptors (Lipinski definition) is 5. The molecule has 0 unspecified atom stereocenters. The molecular formula is C18H17N3O5. The molecular weight excluding hydrogens is 338 g/mol. The number of fused-ring (bicyclic) bond motifs is 1. The molecule has 0 aliphatic heterocycles. The number of benzene rings is 2. The van der Waals surface area contributed by atoms with Gasteiger partial charge in [-0.25, -0.2) is 0 Å². The van der Waals surface area contributed by atoms with Crippen LogP contribution < -0.4 is 5.32 Å². The van der Waals surface area contributed by atoms with Crippen LogP contribution in [0, 0.1) is 27.2 Å². The van der Waals surface area contributed by atoms with E-state index in [1.165, 1.54) is 12.5 Å². The molecule has 0 aromatic heterocycles. The molecule has 2 aromatic carbocycles. The number of hydrogen-bond donors (Lipinski definition) is 1. The van der Waals surface area contributed by atoms with Crippen molar-refractivity contribution in [1.82, 2.24) is 0 Å². The van der Waals surface area contributed by atoms with E-state index in [1.54, 1.807) is 6.07 Å². The number of rotatable bonds is 4. The Morgan fingerprint density at radius 1 is 1.08 bits per heavy atom. The molecule has 0 heterocycles. The average molecular weight is 355 g/mol. The van der Waals surface area contributed by atoms with Gasteiger partial charge in [-0.1, -0.05) is 12.1 Å². The van der Waals surface area contributed by atoms with Crippen LogP contribution in [0.1, 0.15) is 39.9 Å². The van der Waals surface area contributed by atoms with E-state index in [0.717, 1.165) is 43.4 Å². The van der Waals surface area contributed by atoms with Crippen LogP contribution in [0.25, 0.3) is 0 Å². The van der Waals surface area contributed by atoms with E-state index in [1.807, 2.05) is 12.1 Å². The third-order valence-electron chi connectivity index (χ3n) is 4.66. The summed E-state index contributed by atoms with van der Waals surface area (Å²) in [5.74, 6) is -0.590. The Bertz CT molecular complexity index is 923. The van der Waals surface area contributed by atoms with Gasteiger partial charge < -0.3 is 5.32 Å². The Hall–Kier alpha value is -3.29. The third kappa shape index (κ3) is 3.26. The number of anilines is 1. The second-order valence-corrected chi connectivity index (χ2v) is 6.26. The molecule has 1 amide bonds. The fourth-order valence-electron chi connectivity index (χ4n) is 3.30. The van der Waals surface area contributed by atoms with Crippen molar-refractivity contribution >= 4 is 23.0 Å². The van der Waals surface area contributed by atoms with Crippen molar-refractivity contribution < 1.29 is 14.6 Å². The van der Waals surface area contributed by atoms with E-state index >= 15 is 0 Å². The normalized spacial score (nSPS) is 13.0. The highest BCUT2D eigenvalue weighted by atomic mass is 16.6. The fraction of sp³-hybridized carbons (Fsp3) is 0.278. The summed E-state index contributed by atoms with van der Waals surface area (Å²) >= 11 is 0. The largest absolute Gasteiger partial charge is 0.322 e. The maximum Gasteiger partial charge on any atom is 0.279 e. The summed E-state index contributed by atoms with van der Waals surface area (Å²) in [6, 6.07) is 7.60. The van der Waals surface area contributed by atoms with E-state index in [0.29, 0.717) is 5.69 Å². The molecule has 3 rings (SSSR count). The highest BCUT2D eigenvalue weighted by Gasteiger charge is 2.25. The molecule has 2 aromatic rings. The maximum atomic E-state index is 12.7. The molecule has 0 radical (unpaired) electrons. The zero-order valence-electron chi connectivity index (χ0n) is 14.2. The number of nitrogens with one attached hydrogen (secondary N) is 1. The first-order valence-corrected chi connectivity index (χ1v) is 8.24. The number of aryl methyl sites for hydroxylation is 1. The Morgan fingerprint density at radius 3 is 2.50 bits per heavy atom. The second kappa shape index (κ2) is 6.91. The van der Waals surface area contributed by atoms with Gasteiger partial charge in [-0.15, -0.1) is 0 Å². The Morgan fingerprint density at radius 2 is 1.81 bits per heavy atom. The standard InChI is InChI=1S/C18H17N3O5/c1-11-15(9-13(20(23)24)10-17(11)21(25)26)18(22)19-16-8-4-6-12-5-2-3-7-14(12)16/h4,6,8-10H,2-3,5,7H2,1H3,(H,19,22). The van der Waals surface area contributed by atoms with Crippen molar-refractivity contribution in [3.05, 3.63) is 72.8 Å². The highest BCUT2D eigenvalue weighted by Crippen LogP contribution is 2.31. The van der Waals surface area contributed by atoms with Gasteiger partial charge in [0.15, 0.2) is 0 Å². The van der Waals surface area contributed by atoms with Gasteiger partial charge in [0.25, 0.3) is 17.3 Å². The van der Waals surface area contributed by atoms with Crippen molar-refractivity contribution in [3.8, 4) is 0 Å². The summed E-state index contributed by atoms with van der Waals surface area (Å²) in [5.41, 5.74) is 1.99. The highest BCUT2D eigenvalue weighted by molar-refractivity contribution is 6.06. The Kier molecular flexibility index (Phi) is 4.66. The lowest BCUT2D eigenvalue weighted by Gasteiger charge is -2.19. The number of nitro benzene ring substituents is 2. The van der Waals surface area contributed by atoms with Crippen LogP contribution in [-0.4, -0.2) is 15.8 Å². The summed E-state index contributed by atoms with van der Waals surface area (Å²) in [7, 11) is 0. The quantitative estimate of drug-likeness (QED) is 0.658. The molecule has 0 saturated carbocycles. The van der Waals surface area contributed by atoms with E-state index in [9.17, 15) is 25.0 Å². The molecule has 134 valence electrons. The number of nitrogens with zero attached hydrogens (tertiary/aromatic N) is 2.